The van der Waals surface area contributed by atoms with Gasteiger partial charge >= 0.3 is 0 Å². The number of nitrogens with zero attached hydrogens (tertiary/aromatic N) is 2. The predicted molar refractivity (Wildman–Crippen MR) is 81.3 cm³/mol. The molecule has 0 saturated heterocycles. The second kappa shape index (κ2) is 5.75. The molecule has 2 N–H and O–H groups in total. The molecule has 1 atom stereocenters. The summed E-state index contributed by atoms with van der Waals surface area (Å²) in [6, 6.07) is 2.68. The molecule has 4 nitrogen and oxygen atoms in total. The van der Waals surface area contributed by atoms with E-state index in [-0.39, 0.29) is 0 Å². The topological polar surface area (TPSA) is 44.0 Å². The van der Waals surface area contributed by atoms with Crippen molar-refractivity contribution in [3.63, 3.8) is 0 Å². The van der Waals surface area contributed by atoms with Gasteiger partial charge in [0.2, 0.25) is 0 Å². The van der Waals surface area contributed by atoms with Crippen LogP contribution in [0.15, 0.2) is 21.6 Å². The van der Waals surface area contributed by atoms with Crippen molar-refractivity contribution in [2.75, 3.05) is 13.6 Å². The zero-order valence-corrected chi connectivity index (χ0v) is 13.2. The molecular formula is C13H17BrN4S. The van der Waals surface area contributed by atoms with E-state index >= 15 is 0 Å². The van der Waals surface area contributed by atoms with E-state index < -0.39 is 0 Å². The zero-order chi connectivity index (χ0) is 13.2. The molecule has 0 amide bonds. The maximum Gasteiger partial charge on any atom is 0.0925 e. The van der Waals surface area contributed by atoms with E-state index in [9.17, 15) is 0 Å². The Morgan fingerprint density at radius 2 is 2.47 bits per heavy atom. The van der Waals surface area contributed by atoms with E-state index in [1.807, 2.05) is 0 Å². The van der Waals surface area contributed by atoms with Crippen molar-refractivity contribution in [3.05, 3.63) is 38.5 Å². The Kier molecular flexibility index (Phi) is 4.02. The average Bonchev–Trinajstić information content (AvgIpc) is 2.97. The van der Waals surface area contributed by atoms with Crippen molar-refractivity contribution in [2.45, 2.75) is 25.6 Å². The third-order valence-electron chi connectivity index (χ3n) is 3.42. The minimum absolute atomic E-state index is 0.489. The first-order valence-electron chi connectivity index (χ1n) is 6.36. The van der Waals surface area contributed by atoms with Crippen molar-refractivity contribution >= 4 is 27.3 Å². The van der Waals surface area contributed by atoms with Crippen LogP contribution in [-0.4, -0.2) is 34.5 Å². The summed E-state index contributed by atoms with van der Waals surface area (Å²) < 4.78 is 1.20. The highest BCUT2D eigenvalue weighted by molar-refractivity contribution is 9.11. The van der Waals surface area contributed by atoms with Gasteiger partial charge in [-0.25, -0.2) is 4.98 Å². The molecule has 1 unspecified atom stereocenters. The lowest BCUT2D eigenvalue weighted by molar-refractivity contribution is 0.273. The van der Waals surface area contributed by atoms with E-state index in [1.54, 1.807) is 17.7 Å². The first kappa shape index (κ1) is 13.3. The molecular weight excluding hydrogens is 324 g/mol. The number of halogens is 1. The summed E-state index contributed by atoms with van der Waals surface area (Å²) in [4.78, 5) is 9.93. The van der Waals surface area contributed by atoms with Crippen molar-refractivity contribution in [3.8, 4) is 0 Å². The van der Waals surface area contributed by atoms with Gasteiger partial charge in [-0.15, -0.1) is 11.3 Å². The number of imidazole rings is 1. The first-order chi connectivity index (χ1) is 9.20. The molecule has 2 aromatic rings. The lowest BCUT2D eigenvalue weighted by Gasteiger charge is -2.27. The van der Waals surface area contributed by atoms with Gasteiger partial charge < -0.3 is 15.2 Å². The third kappa shape index (κ3) is 3.25. The van der Waals surface area contributed by atoms with Gasteiger partial charge in [-0.05, 0) is 40.0 Å². The van der Waals surface area contributed by atoms with Crippen LogP contribution in [0.3, 0.4) is 0 Å². The van der Waals surface area contributed by atoms with Crippen LogP contribution in [0.4, 0.5) is 0 Å². The quantitative estimate of drug-likeness (QED) is 0.898. The Labute approximate surface area is 125 Å². The zero-order valence-electron chi connectivity index (χ0n) is 10.8. The Balaban J connectivity index is 1.54. The molecule has 0 aromatic carbocycles. The van der Waals surface area contributed by atoms with E-state index in [2.05, 4.69) is 54.6 Å². The summed E-state index contributed by atoms with van der Waals surface area (Å²) >= 11 is 5.25. The fraction of sp³-hybridized carbons (Fsp3) is 0.462. The van der Waals surface area contributed by atoms with Gasteiger partial charge in [0.1, 0.15) is 0 Å². The molecule has 0 bridgehead atoms. The van der Waals surface area contributed by atoms with Gasteiger partial charge in [0.15, 0.2) is 0 Å². The second-order valence-corrected chi connectivity index (χ2v) is 7.36. The fourth-order valence-electron chi connectivity index (χ4n) is 2.54. The maximum atomic E-state index is 4.38. The van der Waals surface area contributed by atoms with E-state index in [1.165, 1.54) is 20.7 Å². The fourth-order valence-corrected chi connectivity index (χ4v) is 3.74. The van der Waals surface area contributed by atoms with Crippen molar-refractivity contribution < 1.29 is 0 Å². The van der Waals surface area contributed by atoms with Crippen LogP contribution in [0, 0.1) is 0 Å². The summed E-state index contributed by atoms with van der Waals surface area (Å²) in [5.74, 6) is 0. The number of likely N-dealkylation sites (N-methyl/N-ethyl adjacent to an activating group) is 1. The standard InChI is InChI=1S/C13H17BrN4S/c1-18(5-9-2-13(14)19-7-9)6-10-3-11-12(4-15-10)17-8-16-11/h2,7-8,10,15H,3-6H2,1H3,(H,16,17). The summed E-state index contributed by atoms with van der Waals surface area (Å²) in [6.07, 6.45) is 2.80. The highest BCUT2D eigenvalue weighted by atomic mass is 79.9. The number of thiophene rings is 1. The van der Waals surface area contributed by atoms with E-state index in [4.69, 9.17) is 0 Å². The van der Waals surface area contributed by atoms with Gasteiger partial charge in [0.25, 0.3) is 0 Å². The summed E-state index contributed by atoms with van der Waals surface area (Å²) in [7, 11) is 2.17. The number of aromatic nitrogens is 2. The SMILES string of the molecule is CN(Cc1csc(Br)c1)CC1Cc2nc[nH]c2CN1. The minimum Gasteiger partial charge on any atom is -0.347 e. The van der Waals surface area contributed by atoms with Crippen molar-refractivity contribution in [1.29, 1.82) is 0 Å². The largest absolute Gasteiger partial charge is 0.347 e. The monoisotopic (exact) mass is 340 g/mol. The summed E-state index contributed by atoms with van der Waals surface area (Å²) in [6.45, 7) is 2.94. The van der Waals surface area contributed by atoms with Crippen LogP contribution in [-0.2, 0) is 19.5 Å². The van der Waals surface area contributed by atoms with Crippen LogP contribution >= 0.6 is 27.3 Å². The van der Waals surface area contributed by atoms with Gasteiger partial charge in [-0.1, -0.05) is 0 Å². The maximum absolute atomic E-state index is 4.38. The average molecular weight is 341 g/mol. The molecule has 0 radical (unpaired) electrons. The van der Waals surface area contributed by atoms with Gasteiger partial charge in [0.05, 0.1) is 21.5 Å². The number of hydrogen-bond acceptors (Lipinski definition) is 4. The molecule has 1 aliphatic heterocycles. The first-order valence-corrected chi connectivity index (χ1v) is 8.04. The molecule has 2 aromatic heterocycles. The van der Waals surface area contributed by atoms with Crippen molar-refractivity contribution in [2.24, 2.45) is 0 Å². The molecule has 102 valence electrons. The highest BCUT2D eigenvalue weighted by Gasteiger charge is 2.21. The molecule has 0 spiro atoms. The number of nitrogens with one attached hydrogen (secondary N) is 2. The molecule has 6 heteroatoms. The van der Waals surface area contributed by atoms with Crippen LogP contribution in [0.25, 0.3) is 0 Å². The summed E-state index contributed by atoms with van der Waals surface area (Å²) in [5, 5.41) is 5.77. The lowest BCUT2D eigenvalue weighted by Crippen LogP contribution is -2.43. The number of H-pyrrole nitrogens is 1. The van der Waals surface area contributed by atoms with Crippen molar-refractivity contribution in [1.82, 2.24) is 20.2 Å². The number of hydrogen-bond donors (Lipinski definition) is 2. The Hall–Kier alpha value is -0.690. The molecule has 19 heavy (non-hydrogen) atoms. The third-order valence-corrected chi connectivity index (χ3v) is 4.97. The molecule has 3 heterocycles. The predicted octanol–water partition coefficient (Wildman–Crippen LogP) is 2.38. The molecule has 0 aliphatic carbocycles. The van der Waals surface area contributed by atoms with E-state index in [0.29, 0.717) is 6.04 Å². The second-order valence-electron chi connectivity index (χ2n) is 5.07. The molecule has 0 saturated carbocycles. The Morgan fingerprint density at radius 1 is 1.58 bits per heavy atom. The molecule has 0 fully saturated rings. The molecule has 3 rings (SSSR count). The number of fused-ring (bicyclic) bond motifs is 1. The Morgan fingerprint density at radius 3 is 3.26 bits per heavy atom. The van der Waals surface area contributed by atoms with Gasteiger partial charge in [0, 0.05) is 32.1 Å². The smallest absolute Gasteiger partial charge is 0.0925 e. The number of aromatic amines is 1. The van der Waals surface area contributed by atoms with Crippen LogP contribution in [0.2, 0.25) is 0 Å². The molecule has 1 aliphatic rings. The van der Waals surface area contributed by atoms with Gasteiger partial charge in [-0.2, -0.15) is 0 Å². The summed E-state index contributed by atoms with van der Waals surface area (Å²) in [5.41, 5.74) is 3.83. The highest BCUT2D eigenvalue weighted by Crippen LogP contribution is 2.21. The van der Waals surface area contributed by atoms with Crippen LogP contribution in [0.1, 0.15) is 17.0 Å². The minimum atomic E-state index is 0.489. The van der Waals surface area contributed by atoms with Crippen LogP contribution in [0.5, 0.6) is 0 Å². The van der Waals surface area contributed by atoms with E-state index in [0.717, 1.165) is 26.1 Å². The number of rotatable bonds is 4. The van der Waals surface area contributed by atoms with Gasteiger partial charge in [-0.3, -0.25) is 0 Å². The van der Waals surface area contributed by atoms with Crippen LogP contribution < -0.4 is 5.32 Å². The Bertz CT molecular complexity index is 550. The normalized spacial score (nSPS) is 18.8. The lowest BCUT2D eigenvalue weighted by atomic mass is 10.1.